The minimum atomic E-state index is -1.82. The van der Waals surface area contributed by atoms with E-state index in [9.17, 15) is 57.8 Å². The molecule has 29 heteroatoms. The number of amides is 11. The number of carbonyl (C=O) groups excluding carboxylic acids is 11. The molecule has 420 valence electrons. The van der Waals surface area contributed by atoms with Crippen molar-refractivity contribution in [3.8, 4) is 5.75 Å². The number of aliphatic imine (C=N–C) groups is 1. The SMILES string of the molecule is NC(=O)CC[C@@H]1NC(=O)[C@H](c2cccc3ccccc23)NC(=O)C(Cc2ccc(O)cc2)NC(=O)[C@@H](N)CSSC[C@@H](C(=O)N2CCC[C@H]2C(=O)N[C@H](CCCN=C(N)N)C(=O)NCC(N)=O)NC(=O)C(CC(N)=O)NC1=O. The van der Waals surface area contributed by atoms with Gasteiger partial charge in [0.1, 0.15) is 48.0 Å². The molecule has 11 amide bonds. The lowest BCUT2D eigenvalue weighted by atomic mass is 9.96. The summed E-state index contributed by atoms with van der Waals surface area (Å²) in [5, 5.41) is 29.1. The molecule has 2 fully saturated rings. The monoisotopic (exact) mass is 1120 g/mol. The highest BCUT2D eigenvalue weighted by molar-refractivity contribution is 8.76. The number of primary amides is 3. The van der Waals surface area contributed by atoms with E-state index >= 15 is 0 Å². The second kappa shape index (κ2) is 29.4. The Morgan fingerprint density at radius 2 is 1.38 bits per heavy atom. The van der Waals surface area contributed by atoms with Crippen molar-refractivity contribution in [2.75, 3.05) is 31.1 Å². The van der Waals surface area contributed by atoms with Gasteiger partial charge in [-0.2, -0.15) is 0 Å². The molecular formula is C49H65N15O12S2. The standard InChI is InChI=1S/C49H65N15O12S2/c50-30-23-77-78-24-35(48(76)64-19-5-11-36(64)46(74)58-31(10-4-18-56-49(54)55)42(70)57-22-39(53)68)62-44(72)34(21-38(52)67)61-43(71)32(16-17-37(51)66)59-47(75)40(29-9-3-7-26-6-1-2-8-28(26)29)63-45(73)33(60-41(30)69)20-25-12-14-27(65)15-13-25/h1-3,6-9,12-15,30-36,40,65H,4-5,10-11,16-24,50H2,(H2,51,66)(H2,52,67)(H2,53,68)(H,57,70)(H,58,74)(H,59,75)(H,60,69)(H,61,71)(H,62,72)(H,63,73)(H4,54,55,56)/t30-,31+,32-,33?,34?,35-,36-,40-/m0/s1. The highest BCUT2D eigenvalue weighted by Crippen LogP contribution is 2.28. The van der Waals surface area contributed by atoms with E-state index in [1.807, 2.05) is 0 Å². The van der Waals surface area contributed by atoms with Crippen LogP contribution in [0.25, 0.3) is 10.8 Å². The van der Waals surface area contributed by atoms with Gasteiger partial charge >= 0.3 is 0 Å². The van der Waals surface area contributed by atoms with Gasteiger partial charge in [0.2, 0.25) is 65.0 Å². The lowest BCUT2D eigenvalue weighted by Gasteiger charge is -2.31. The van der Waals surface area contributed by atoms with E-state index in [-0.39, 0.29) is 67.6 Å². The van der Waals surface area contributed by atoms with Crippen LogP contribution in [0.3, 0.4) is 0 Å². The van der Waals surface area contributed by atoms with Crippen molar-refractivity contribution >= 4 is 103 Å². The third-order valence-electron chi connectivity index (χ3n) is 12.4. The van der Waals surface area contributed by atoms with Crippen LogP contribution in [0.15, 0.2) is 71.7 Å². The summed E-state index contributed by atoms with van der Waals surface area (Å²) in [7, 11) is 1.99. The molecule has 0 saturated carbocycles. The highest BCUT2D eigenvalue weighted by atomic mass is 33.1. The number of benzene rings is 3. The first kappa shape index (κ1) is 60.7. The number of rotatable bonds is 18. The predicted molar refractivity (Wildman–Crippen MR) is 288 cm³/mol. The van der Waals surface area contributed by atoms with Crippen LogP contribution >= 0.6 is 21.6 Å². The quantitative estimate of drug-likeness (QED) is 0.0249. The molecule has 20 N–H and O–H groups in total. The zero-order chi connectivity index (χ0) is 57.1. The van der Waals surface area contributed by atoms with E-state index in [2.05, 4.69) is 42.2 Å². The van der Waals surface area contributed by atoms with Crippen molar-refractivity contribution < 1.29 is 57.8 Å². The van der Waals surface area contributed by atoms with Crippen LogP contribution in [-0.4, -0.2) is 154 Å². The number of fused-ring (bicyclic) bond motifs is 1. The molecule has 2 unspecified atom stereocenters. The maximum absolute atomic E-state index is 14.7. The number of hydrogen-bond donors (Lipinski definition) is 14. The molecular weight excluding hydrogens is 1050 g/mol. The molecule has 0 aromatic heterocycles. The van der Waals surface area contributed by atoms with Gasteiger partial charge in [0.15, 0.2) is 5.96 Å². The molecule has 0 bridgehead atoms. The fourth-order valence-electron chi connectivity index (χ4n) is 8.48. The van der Waals surface area contributed by atoms with E-state index in [1.54, 1.807) is 42.5 Å². The second-order valence-corrected chi connectivity index (χ2v) is 20.9. The van der Waals surface area contributed by atoms with Gasteiger partial charge < -0.3 is 81.6 Å². The largest absolute Gasteiger partial charge is 0.508 e. The number of guanidine groups is 1. The summed E-state index contributed by atoms with van der Waals surface area (Å²) in [4.78, 5) is 155. The molecule has 8 atom stereocenters. The Morgan fingerprint density at radius 3 is 2.08 bits per heavy atom. The third-order valence-corrected chi connectivity index (χ3v) is 14.9. The number of nitrogens with one attached hydrogen (secondary N) is 7. The number of phenols is 1. The van der Waals surface area contributed by atoms with Crippen LogP contribution < -0.4 is 71.6 Å². The molecule has 2 aliphatic heterocycles. The summed E-state index contributed by atoms with van der Waals surface area (Å²) in [6.07, 6.45) is -1.33. The van der Waals surface area contributed by atoms with Crippen LogP contribution in [0.5, 0.6) is 5.75 Å². The summed E-state index contributed by atoms with van der Waals surface area (Å²) in [5.41, 5.74) is 34.3. The van der Waals surface area contributed by atoms with Gasteiger partial charge in [0.05, 0.1) is 19.0 Å². The van der Waals surface area contributed by atoms with Crippen molar-refractivity contribution in [2.45, 2.75) is 99.7 Å². The zero-order valence-corrected chi connectivity index (χ0v) is 43.9. The van der Waals surface area contributed by atoms with Crippen LogP contribution in [0.1, 0.15) is 62.1 Å². The van der Waals surface area contributed by atoms with Gasteiger partial charge in [0, 0.05) is 37.4 Å². The minimum absolute atomic E-state index is 0.00239. The smallest absolute Gasteiger partial charge is 0.247 e. The summed E-state index contributed by atoms with van der Waals surface area (Å²) in [6.45, 7) is -0.454. The summed E-state index contributed by atoms with van der Waals surface area (Å²) < 4.78 is 0. The molecule has 0 aliphatic carbocycles. The number of hydrogen-bond acceptors (Lipinski definition) is 16. The molecule has 78 heavy (non-hydrogen) atoms. The molecule has 3 aromatic carbocycles. The number of phenolic OH excluding ortho intramolecular Hbond substituents is 1. The molecule has 0 radical (unpaired) electrons. The number of carbonyl (C=O) groups is 11. The summed E-state index contributed by atoms with van der Waals surface area (Å²) in [6, 6.07) is 5.91. The van der Waals surface area contributed by atoms with Crippen molar-refractivity contribution in [1.29, 1.82) is 0 Å². The Kier molecular flexibility index (Phi) is 22.8. The Hall–Kier alpha value is -8.18. The molecule has 2 saturated heterocycles. The lowest BCUT2D eigenvalue weighted by molar-refractivity contribution is -0.142. The van der Waals surface area contributed by atoms with Gasteiger partial charge in [-0.15, -0.1) is 0 Å². The normalized spacial score (nSPS) is 22.2. The van der Waals surface area contributed by atoms with Gasteiger partial charge in [-0.1, -0.05) is 76.2 Å². The third kappa shape index (κ3) is 18.2. The van der Waals surface area contributed by atoms with E-state index in [0.29, 0.717) is 22.8 Å². The molecule has 2 heterocycles. The fourth-order valence-corrected chi connectivity index (χ4v) is 10.8. The van der Waals surface area contributed by atoms with E-state index in [4.69, 9.17) is 34.4 Å². The maximum Gasteiger partial charge on any atom is 0.247 e. The first-order valence-corrected chi connectivity index (χ1v) is 27.2. The van der Waals surface area contributed by atoms with Crippen molar-refractivity contribution in [3.63, 3.8) is 0 Å². The van der Waals surface area contributed by atoms with Gasteiger partial charge in [-0.3, -0.25) is 57.7 Å². The van der Waals surface area contributed by atoms with E-state index < -0.39 is 139 Å². The fraction of sp³-hybridized carbons (Fsp3) is 0.429. The molecule has 2 aliphatic rings. The van der Waals surface area contributed by atoms with Crippen LogP contribution in [0.4, 0.5) is 0 Å². The summed E-state index contributed by atoms with van der Waals surface area (Å²) >= 11 is 0. The Morgan fingerprint density at radius 1 is 0.731 bits per heavy atom. The maximum atomic E-state index is 14.7. The van der Waals surface area contributed by atoms with Gasteiger partial charge in [-0.05, 0) is 66.1 Å². The van der Waals surface area contributed by atoms with Crippen LogP contribution in [0, 0.1) is 0 Å². The number of aromatic hydroxyl groups is 1. The Balaban J connectivity index is 1.51. The highest BCUT2D eigenvalue weighted by Gasteiger charge is 2.41. The first-order chi connectivity index (χ1) is 37.1. The predicted octanol–water partition coefficient (Wildman–Crippen LogP) is -4.12. The molecule has 0 spiro atoms. The molecule has 3 aromatic rings. The van der Waals surface area contributed by atoms with Crippen LogP contribution in [-0.2, 0) is 59.2 Å². The minimum Gasteiger partial charge on any atom is -0.508 e. The second-order valence-electron chi connectivity index (χ2n) is 18.4. The number of likely N-dealkylation sites (tertiary alicyclic amines) is 1. The first-order valence-electron chi connectivity index (χ1n) is 24.7. The van der Waals surface area contributed by atoms with Gasteiger partial charge in [-0.25, -0.2) is 0 Å². The Bertz CT molecular complexity index is 2740. The number of nitrogens with two attached hydrogens (primary N) is 6. The zero-order valence-electron chi connectivity index (χ0n) is 42.3. The number of nitrogens with zero attached hydrogens (tertiary/aromatic N) is 2. The van der Waals surface area contributed by atoms with Gasteiger partial charge in [0.25, 0.3) is 0 Å². The van der Waals surface area contributed by atoms with Crippen molar-refractivity contribution in [1.82, 2.24) is 42.1 Å². The topological polar surface area (TPSA) is 464 Å². The van der Waals surface area contributed by atoms with E-state index in [0.717, 1.165) is 21.6 Å². The Labute approximate surface area is 455 Å². The van der Waals surface area contributed by atoms with E-state index in [1.165, 1.54) is 29.2 Å². The molecule has 5 rings (SSSR count). The van der Waals surface area contributed by atoms with Crippen molar-refractivity contribution in [2.24, 2.45) is 39.4 Å². The summed E-state index contributed by atoms with van der Waals surface area (Å²) in [5.74, 6) is -10.7. The van der Waals surface area contributed by atoms with Crippen LogP contribution in [0.2, 0.25) is 0 Å². The lowest BCUT2D eigenvalue weighted by Crippen LogP contribution is -2.60. The molecule has 27 nitrogen and oxygen atoms in total. The van der Waals surface area contributed by atoms with Crippen molar-refractivity contribution in [3.05, 3.63) is 77.9 Å². The average Bonchev–Trinajstić information content (AvgIpc) is 3.90. The average molecular weight is 1120 g/mol.